The minimum atomic E-state index is -0.143. The van der Waals surface area contributed by atoms with Gasteiger partial charge in [-0.05, 0) is 25.0 Å². The van der Waals surface area contributed by atoms with Crippen LogP contribution in [0.2, 0.25) is 0 Å². The summed E-state index contributed by atoms with van der Waals surface area (Å²) in [5.41, 5.74) is 13.2. The largest absolute Gasteiger partial charge is 0.356 e. The van der Waals surface area contributed by atoms with Crippen molar-refractivity contribution in [1.29, 1.82) is 0 Å². The SMILES string of the molecule is CCNC(=O)CCC(=O)N(CCN)Cc1ccc(CN(CCN)C(=O)CCC(=O)NCC)cc1. The standard InChI is InChI=1S/C24H40N6O4/c1-3-27-21(31)9-11-23(33)29(15-13-25)17-19-5-7-20(8-6-19)18-30(16-14-26)24(34)12-10-22(32)28-4-2/h5-8H,3-4,9-18,25-26H2,1-2H3,(H,27,31)(H,28,32). The molecule has 0 unspecified atom stereocenters. The number of nitrogens with two attached hydrogens (primary N) is 2. The van der Waals surface area contributed by atoms with Crippen molar-refractivity contribution < 1.29 is 19.2 Å². The molecular formula is C24H40N6O4. The molecule has 0 saturated heterocycles. The molecule has 1 aromatic carbocycles. The predicted molar refractivity (Wildman–Crippen MR) is 131 cm³/mol. The number of hydrogen-bond acceptors (Lipinski definition) is 6. The molecule has 34 heavy (non-hydrogen) atoms. The van der Waals surface area contributed by atoms with Crippen molar-refractivity contribution in [3.8, 4) is 0 Å². The van der Waals surface area contributed by atoms with Gasteiger partial charge >= 0.3 is 0 Å². The zero-order valence-electron chi connectivity index (χ0n) is 20.5. The fourth-order valence-corrected chi connectivity index (χ4v) is 3.41. The predicted octanol–water partition coefficient (Wildman–Crippen LogP) is 0.0938. The van der Waals surface area contributed by atoms with Gasteiger partial charge in [0.15, 0.2) is 0 Å². The Morgan fingerprint density at radius 3 is 1.32 bits per heavy atom. The van der Waals surface area contributed by atoms with Gasteiger partial charge in [0.25, 0.3) is 0 Å². The van der Waals surface area contributed by atoms with Crippen molar-refractivity contribution >= 4 is 23.6 Å². The van der Waals surface area contributed by atoms with Crippen molar-refractivity contribution in [1.82, 2.24) is 20.4 Å². The van der Waals surface area contributed by atoms with Gasteiger partial charge in [-0.1, -0.05) is 24.3 Å². The van der Waals surface area contributed by atoms with E-state index in [-0.39, 0.29) is 49.3 Å². The summed E-state index contributed by atoms with van der Waals surface area (Å²) in [6, 6.07) is 7.65. The average molecular weight is 477 g/mol. The lowest BCUT2D eigenvalue weighted by molar-refractivity contribution is -0.134. The maximum atomic E-state index is 12.6. The summed E-state index contributed by atoms with van der Waals surface area (Å²) in [5, 5.41) is 5.38. The van der Waals surface area contributed by atoms with Crippen LogP contribution in [0, 0.1) is 0 Å². The second-order valence-electron chi connectivity index (χ2n) is 7.93. The second-order valence-corrected chi connectivity index (χ2v) is 7.93. The minimum Gasteiger partial charge on any atom is -0.356 e. The molecule has 0 aliphatic rings. The van der Waals surface area contributed by atoms with Crippen LogP contribution in [0.3, 0.4) is 0 Å². The highest BCUT2D eigenvalue weighted by atomic mass is 16.2. The van der Waals surface area contributed by atoms with E-state index in [1.807, 2.05) is 38.1 Å². The maximum absolute atomic E-state index is 12.6. The first-order chi connectivity index (χ1) is 16.3. The summed E-state index contributed by atoms with van der Waals surface area (Å²) >= 11 is 0. The quantitative estimate of drug-likeness (QED) is 0.266. The maximum Gasteiger partial charge on any atom is 0.223 e. The van der Waals surface area contributed by atoms with Crippen molar-refractivity contribution in [2.45, 2.75) is 52.6 Å². The minimum absolute atomic E-state index is 0.118. The van der Waals surface area contributed by atoms with Gasteiger partial charge < -0.3 is 31.9 Å². The van der Waals surface area contributed by atoms with E-state index >= 15 is 0 Å². The first kappa shape index (κ1) is 29.1. The van der Waals surface area contributed by atoms with Gasteiger partial charge in [0.05, 0.1) is 0 Å². The summed E-state index contributed by atoms with van der Waals surface area (Å²) in [7, 11) is 0. The van der Waals surface area contributed by atoms with Gasteiger partial charge in [-0.15, -0.1) is 0 Å². The monoisotopic (exact) mass is 476 g/mol. The zero-order valence-corrected chi connectivity index (χ0v) is 20.5. The van der Waals surface area contributed by atoms with Crippen molar-refractivity contribution in [3.63, 3.8) is 0 Å². The number of hydrogen-bond donors (Lipinski definition) is 4. The molecule has 0 aliphatic heterocycles. The average Bonchev–Trinajstić information content (AvgIpc) is 2.82. The molecule has 1 aromatic rings. The van der Waals surface area contributed by atoms with Crippen molar-refractivity contribution in [2.24, 2.45) is 11.5 Å². The topological polar surface area (TPSA) is 151 Å². The van der Waals surface area contributed by atoms with Gasteiger partial charge in [-0.2, -0.15) is 0 Å². The van der Waals surface area contributed by atoms with Crippen molar-refractivity contribution in [3.05, 3.63) is 35.4 Å². The summed E-state index contributed by atoms with van der Waals surface area (Å²) in [6.45, 7) is 6.99. The van der Waals surface area contributed by atoms with E-state index in [0.29, 0.717) is 52.4 Å². The molecule has 0 fully saturated rings. The summed E-state index contributed by atoms with van der Waals surface area (Å²) in [5.74, 6) is -0.522. The molecule has 0 radical (unpaired) electrons. The fourth-order valence-electron chi connectivity index (χ4n) is 3.41. The fraction of sp³-hybridized carbons (Fsp3) is 0.583. The number of carbonyl (C=O) groups excluding carboxylic acids is 4. The molecule has 0 spiro atoms. The van der Waals surface area contributed by atoms with Gasteiger partial charge in [0.1, 0.15) is 0 Å². The van der Waals surface area contributed by atoms with E-state index in [1.165, 1.54) is 0 Å². The Labute approximate surface area is 202 Å². The van der Waals surface area contributed by atoms with Gasteiger partial charge in [-0.3, -0.25) is 19.2 Å². The Morgan fingerprint density at radius 2 is 1.03 bits per heavy atom. The molecule has 0 heterocycles. The highest BCUT2D eigenvalue weighted by Crippen LogP contribution is 2.12. The molecule has 1 rings (SSSR count). The molecule has 0 aromatic heterocycles. The Balaban J connectivity index is 2.71. The summed E-state index contributed by atoms with van der Waals surface area (Å²) in [4.78, 5) is 51.7. The van der Waals surface area contributed by atoms with Crippen LogP contribution in [0.15, 0.2) is 24.3 Å². The van der Waals surface area contributed by atoms with Gasteiger partial charge in [0.2, 0.25) is 23.6 Å². The molecule has 0 atom stereocenters. The molecule has 0 bridgehead atoms. The molecule has 190 valence electrons. The van der Waals surface area contributed by atoms with Crippen LogP contribution in [-0.2, 0) is 32.3 Å². The lowest BCUT2D eigenvalue weighted by atomic mass is 10.1. The van der Waals surface area contributed by atoms with E-state index in [1.54, 1.807) is 9.80 Å². The Kier molecular flexibility index (Phi) is 14.2. The van der Waals surface area contributed by atoms with Crippen LogP contribution < -0.4 is 22.1 Å². The van der Waals surface area contributed by atoms with Crippen LogP contribution in [0.1, 0.15) is 50.7 Å². The third kappa shape index (κ3) is 11.2. The van der Waals surface area contributed by atoms with Crippen molar-refractivity contribution in [2.75, 3.05) is 39.3 Å². The van der Waals surface area contributed by atoms with Crippen LogP contribution in [-0.4, -0.2) is 72.7 Å². The Bertz CT molecular complexity index is 719. The third-order valence-electron chi connectivity index (χ3n) is 5.15. The van der Waals surface area contributed by atoms with Gasteiger partial charge in [-0.25, -0.2) is 0 Å². The molecule has 10 heteroatoms. The molecule has 4 amide bonds. The van der Waals surface area contributed by atoms with E-state index in [2.05, 4.69) is 10.6 Å². The number of amides is 4. The number of rotatable bonds is 16. The molecule has 0 aliphatic carbocycles. The van der Waals surface area contributed by atoms with E-state index in [9.17, 15) is 19.2 Å². The van der Waals surface area contributed by atoms with Crippen LogP contribution in [0.5, 0.6) is 0 Å². The molecule has 0 saturated carbocycles. The molecular weight excluding hydrogens is 436 g/mol. The highest BCUT2D eigenvalue weighted by Gasteiger charge is 2.17. The summed E-state index contributed by atoms with van der Waals surface area (Å²) < 4.78 is 0. The lowest BCUT2D eigenvalue weighted by Crippen LogP contribution is -2.36. The molecule has 10 nitrogen and oxygen atoms in total. The third-order valence-corrected chi connectivity index (χ3v) is 5.15. The number of carbonyl (C=O) groups is 4. The smallest absolute Gasteiger partial charge is 0.223 e. The van der Waals surface area contributed by atoms with Gasteiger partial charge in [0, 0.05) is 78.0 Å². The number of nitrogens with one attached hydrogen (secondary N) is 2. The molecule has 6 N–H and O–H groups in total. The lowest BCUT2D eigenvalue weighted by Gasteiger charge is -2.24. The second kappa shape index (κ2) is 16.6. The van der Waals surface area contributed by atoms with E-state index < -0.39 is 0 Å². The normalized spacial score (nSPS) is 10.5. The zero-order chi connectivity index (χ0) is 25.3. The Morgan fingerprint density at radius 1 is 0.676 bits per heavy atom. The first-order valence-corrected chi connectivity index (χ1v) is 11.9. The number of nitrogens with zero attached hydrogens (tertiary/aromatic N) is 2. The van der Waals surface area contributed by atoms with E-state index in [0.717, 1.165) is 11.1 Å². The first-order valence-electron chi connectivity index (χ1n) is 11.9. The van der Waals surface area contributed by atoms with Crippen LogP contribution >= 0.6 is 0 Å². The Hall–Kier alpha value is -2.98. The van der Waals surface area contributed by atoms with Crippen LogP contribution in [0.4, 0.5) is 0 Å². The highest BCUT2D eigenvalue weighted by molar-refractivity contribution is 5.84. The van der Waals surface area contributed by atoms with Crippen LogP contribution in [0.25, 0.3) is 0 Å². The number of benzene rings is 1. The summed E-state index contributed by atoms with van der Waals surface area (Å²) in [6.07, 6.45) is 0.572. The van der Waals surface area contributed by atoms with E-state index in [4.69, 9.17) is 11.5 Å².